The molecule has 1 N–H and O–H groups in total. The number of hydrogen-bond donors (Lipinski definition) is 1. The zero-order valence-electron chi connectivity index (χ0n) is 15.9. The highest BCUT2D eigenvalue weighted by atomic mass is 16.5. The zero-order chi connectivity index (χ0) is 18.5. The van der Waals surface area contributed by atoms with Gasteiger partial charge < -0.3 is 14.0 Å². The molecule has 1 saturated carbocycles. The Morgan fingerprint density at radius 2 is 2.04 bits per heavy atom. The molecule has 6 heteroatoms. The van der Waals surface area contributed by atoms with Gasteiger partial charge in [-0.1, -0.05) is 31.4 Å². The zero-order valence-corrected chi connectivity index (χ0v) is 15.9. The van der Waals surface area contributed by atoms with Crippen LogP contribution in [0.1, 0.15) is 57.4 Å². The fraction of sp³-hybridized carbons (Fsp3) is 0.619. The number of carbonyl (C=O) groups excluding carboxylic acids is 1. The summed E-state index contributed by atoms with van der Waals surface area (Å²) in [6.45, 7) is 1.81. The van der Waals surface area contributed by atoms with E-state index in [4.69, 9.17) is 9.47 Å². The van der Waals surface area contributed by atoms with Gasteiger partial charge in [0.25, 0.3) is 0 Å². The number of anilines is 1. The lowest BCUT2D eigenvalue weighted by Gasteiger charge is -2.25. The van der Waals surface area contributed by atoms with Gasteiger partial charge in [0.15, 0.2) is 0 Å². The van der Waals surface area contributed by atoms with E-state index in [2.05, 4.69) is 20.9 Å². The van der Waals surface area contributed by atoms with Crippen LogP contribution in [0.3, 0.4) is 0 Å². The van der Waals surface area contributed by atoms with Crippen LogP contribution in [0.5, 0.6) is 0 Å². The molecule has 1 aliphatic heterocycles. The van der Waals surface area contributed by atoms with Crippen LogP contribution in [-0.2, 0) is 14.3 Å². The van der Waals surface area contributed by atoms with Crippen LogP contribution in [0.2, 0.25) is 0 Å². The first-order chi connectivity index (χ1) is 13.3. The molecule has 4 rings (SSSR count). The molecule has 0 radical (unpaired) electrons. The van der Waals surface area contributed by atoms with E-state index in [-0.39, 0.29) is 12.0 Å². The third-order valence-electron chi connectivity index (χ3n) is 5.59. The molecular formula is C21H29N3O3. The fourth-order valence-corrected chi connectivity index (χ4v) is 4.18. The maximum atomic E-state index is 12.4. The van der Waals surface area contributed by atoms with E-state index in [1.165, 1.54) is 19.3 Å². The summed E-state index contributed by atoms with van der Waals surface area (Å²) in [6.07, 6.45) is 8.75. The largest absolute Gasteiger partial charge is 0.378 e. The van der Waals surface area contributed by atoms with Gasteiger partial charge in [-0.2, -0.15) is 0 Å². The molecule has 0 bridgehead atoms. The molecule has 1 saturated heterocycles. The highest BCUT2D eigenvalue weighted by molar-refractivity contribution is 5.91. The Balaban J connectivity index is 1.39. The number of aromatic nitrogens is 2. The Labute approximate surface area is 160 Å². The van der Waals surface area contributed by atoms with Crippen LogP contribution in [0.4, 0.5) is 5.95 Å². The molecule has 6 nitrogen and oxygen atoms in total. The summed E-state index contributed by atoms with van der Waals surface area (Å²) in [7, 11) is 0. The number of hydrogen-bond acceptors (Lipinski definition) is 4. The summed E-state index contributed by atoms with van der Waals surface area (Å²) in [6, 6.07) is 8.54. The predicted octanol–water partition coefficient (Wildman–Crippen LogP) is 4.07. The smallest absolute Gasteiger partial charge is 0.229 e. The number of carbonyl (C=O) groups is 1. The van der Waals surface area contributed by atoms with Crippen molar-refractivity contribution in [1.29, 1.82) is 0 Å². The number of rotatable bonds is 7. The molecule has 27 heavy (non-hydrogen) atoms. The molecule has 2 aliphatic rings. The quantitative estimate of drug-likeness (QED) is 0.745. The van der Waals surface area contributed by atoms with Gasteiger partial charge in [-0.15, -0.1) is 0 Å². The molecule has 1 aromatic heterocycles. The van der Waals surface area contributed by atoms with Crippen LogP contribution in [0.25, 0.3) is 11.0 Å². The second kappa shape index (κ2) is 8.85. The minimum absolute atomic E-state index is 0.0466. The topological polar surface area (TPSA) is 65.4 Å². The maximum absolute atomic E-state index is 12.4. The van der Waals surface area contributed by atoms with Gasteiger partial charge in [-0.05, 0) is 37.8 Å². The first-order valence-corrected chi connectivity index (χ1v) is 10.3. The Hall–Kier alpha value is -1.92. The average Bonchev–Trinajstić information content (AvgIpc) is 3.33. The van der Waals surface area contributed by atoms with Gasteiger partial charge in [-0.25, -0.2) is 4.98 Å². The van der Waals surface area contributed by atoms with Gasteiger partial charge in [0.2, 0.25) is 11.9 Å². The number of amides is 1. The minimum Gasteiger partial charge on any atom is -0.378 e. The van der Waals surface area contributed by atoms with Gasteiger partial charge in [0.05, 0.1) is 36.8 Å². The summed E-state index contributed by atoms with van der Waals surface area (Å²) >= 11 is 0. The molecule has 1 amide bonds. The first kappa shape index (κ1) is 18.4. The summed E-state index contributed by atoms with van der Waals surface area (Å²) < 4.78 is 13.4. The Morgan fingerprint density at radius 1 is 1.19 bits per heavy atom. The van der Waals surface area contributed by atoms with Crippen LogP contribution in [0.15, 0.2) is 24.3 Å². The monoisotopic (exact) mass is 371 g/mol. The maximum Gasteiger partial charge on any atom is 0.229 e. The van der Waals surface area contributed by atoms with Crippen molar-refractivity contribution in [3.63, 3.8) is 0 Å². The average molecular weight is 371 g/mol. The number of benzene rings is 1. The van der Waals surface area contributed by atoms with Crippen LogP contribution in [-0.4, -0.2) is 41.4 Å². The molecule has 2 heterocycles. The molecule has 146 valence electrons. The van der Waals surface area contributed by atoms with E-state index in [1.807, 2.05) is 18.2 Å². The normalized spacial score (nSPS) is 21.0. The highest BCUT2D eigenvalue weighted by Crippen LogP contribution is 2.34. The summed E-state index contributed by atoms with van der Waals surface area (Å²) in [4.78, 5) is 17.1. The number of ether oxygens (including phenoxy) is 2. The third kappa shape index (κ3) is 4.50. The summed E-state index contributed by atoms with van der Waals surface area (Å²) in [5.41, 5.74) is 2.04. The van der Waals surface area contributed by atoms with E-state index >= 15 is 0 Å². The predicted molar refractivity (Wildman–Crippen MR) is 105 cm³/mol. The van der Waals surface area contributed by atoms with Gasteiger partial charge in [0, 0.05) is 12.6 Å². The molecule has 1 aliphatic carbocycles. The minimum atomic E-state index is -0.0466. The third-order valence-corrected chi connectivity index (χ3v) is 5.59. The van der Waals surface area contributed by atoms with Crippen molar-refractivity contribution in [2.24, 2.45) is 0 Å². The van der Waals surface area contributed by atoms with Crippen LogP contribution >= 0.6 is 0 Å². The molecule has 1 atom stereocenters. The lowest BCUT2D eigenvalue weighted by molar-refractivity contribution is -0.117. The first-order valence-electron chi connectivity index (χ1n) is 10.3. The van der Waals surface area contributed by atoms with Gasteiger partial charge >= 0.3 is 0 Å². The van der Waals surface area contributed by atoms with Crippen molar-refractivity contribution in [2.75, 3.05) is 25.1 Å². The van der Waals surface area contributed by atoms with Crippen molar-refractivity contribution >= 4 is 22.9 Å². The van der Waals surface area contributed by atoms with Gasteiger partial charge in [-0.3, -0.25) is 10.1 Å². The fourth-order valence-electron chi connectivity index (χ4n) is 4.18. The number of nitrogens with zero attached hydrogens (tertiary/aromatic N) is 2. The molecular weight excluding hydrogens is 342 g/mol. The standard InChI is InChI=1S/C21H29N3O3/c25-20(12-14-26-15-17-9-6-13-27-17)23-21-22-18-10-4-5-11-19(18)24(21)16-7-2-1-3-8-16/h4-5,10-11,16-17H,1-3,6-9,12-15H2,(H,22,23,25). The van der Waals surface area contributed by atoms with Crippen molar-refractivity contribution in [3.05, 3.63) is 24.3 Å². The Kier molecular flexibility index (Phi) is 6.04. The lowest BCUT2D eigenvalue weighted by atomic mass is 9.95. The van der Waals surface area contributed by atoms with Crippen LogP contribution < -0.4 is 5.32 Å². The van der Waals surface area contributed by atoms with Crippen molar-refractivity contribution in [1.82, 2.24) is 9.55 Å². The van der Waals surface area contributed by atoms with Crippen LogP contribution in [0, 0.1) is 0 Å². The van der Waals surface area contributed by atoms with Gasteiger partial charge in [0.1, 0.15) is 0 Å². The van der Waals surface area contributed by atoms with Crippen molar-refractivity contribution < 1.29 is 14.3 Å². The van der Waals surface area contributed by atoms with E-state index in [1.54, 1.807) is 0 Å². The molecule has 2 aromatic rings. The Bertz CT molecular complexity index is 761. The van der Waals surface area contributed by atoms with E-state index in [9.17, 15) is 4.79 Å². The van der Waals surface area contributed by atoms with E-state index in [0.717, 1.165) is 43.3 Å². The molecule has 1 aromatic carbocycles. The number of fused-ring (bicyclic) bond motifs is 1. The summed E-state index contributed by atoms with van der Waals surface area (Å²) in [5.74, 6) is 0.627. The van der Waals surface area contributed by atoms with Crippen molar-refractivity contribution in [3.8, 4) is 0 Å². The molecule has 2 fully saturated rings. The SMILES string of the molecule is O=C(CCOCC1CCCO1)Nc1nc2ccccc2n1C1CCCCC1. The van der Waals surface area contributed by atoms with Crippen molar-refractivity contribution in [2.45, 2.75) is 63.5 Å². The summed E-state index contributed by atoms with van der Waals surface area (Å²) in [5, 5.41) is 3.03. The molecule has 0 spiro atoms. The number of imidazole rings is 1. The number of para-hydroxylation sites is 2. The second-order valence-electron chi connectivity index (χ2n) is 7.59. The molecule has 1 unspecified atom stereocenters. The van der Waals surface area contributed by atoms with E-state index in [0.29, 0.717) is 31.6 Å². The number of nitrogens with one attached hydrogen (secondary N) is 1. The van der Waals surface area contributed by atoms with E-state index < -0.39 is 0 Å². The Morgan fingerprint density at radius 3 is 2.85 bits per heavy atom. The second-order valence-corrected chi connectivity index (χ2v) is 7.59. The highest BCUT2D eigenvalue weighted by Gasteiger charge is 2.22. The lowest BCUT2D eigenvalue weighted by Crippen LogP contribution is -2.21.